The number of nitrogens with zero attached hydrogens (tertiary/aromatic N) is 1. The predicted molar refractivity (Wildman–Crippen MR) is 71.9 cm³/mol. The lowest BCUT2D eigenvalue weighted by Gasteiger charge is -2.06. The molecule has 0 spiro atoms. The lowest BCUT2D eigenvalue weighted by Crippen LogP contribution is -2.04. The summed E-state index contributed by atoms with van der Waals surface area (Å²) in [7, 11) is -3.60. The molecule has 1 aliphatic rings. The van der Waals surface area contributed by atoms with E-state index < -0.39 is 10.0 Å². The van der Waals surface area contributed by atoms with E-state index in [0.717, 1.165) is 17.4 Å². The first-order valence-electron chi connectivity index (χ1n) is 5.58. The molecule has 0 N–H and O–H groups in total. The minimum atomic E-state index is -3.60. The minimum absolute atomic E-state index is 0.216. The van der Waals surface area contributed by atoms with Crippen molar-refractivity contribution in [3.63, 3.8) is 0 Å². The van der Waals surface area contributed by atoms with Crippen LogP contribution in [0.25, 0.3) is 0 Å². The molecular formula is C14H14NO2S. The van der Waals surface area contributed by atoms with Crippen LogP contribution in [0.3, 0.4) is 0 Å². The predicted octanol–water partition coefficient (Wildman–Crippen LogP) is 2.55. The van der Waals surface area contributed by atoms with Crippen molar-refractivity contribution in [3.05, 3.63) is 60.9 Å². The van der Waals surface area contributed by atoms with Gasteiger partial charge in [0, 0.05) is 12.1 Å². The molecule has 0 heterocycles. The lowest BCUT2D eigenvalue weighted by molar-refractivity contribution is 0.598. The topological polar surface area (TPSA) is 46.5 Å². The van der Waals surface area contributed by atoms with Crippen molar-refractivity contribution in [2.45, 2.75) is 18.7 Å². The fraction of sp³-hybridized carbons (Fsp3) is 0.143. The third-order valence-corrected chi connectivity index (χ3v) is 3.98. The summed E-state index contributed by atoms with van der Waals surface area (Å²) >= 11 is 0. The van der Waals surface area contributed by atoms with Gasteiger partial charge in [-0.05, 0) is 44.2 Å². The molecule has 0 saturated heterocycles. The smallest absolute Gasteiger partial charge is 0.199 e. The summed E-state index contributed by atoms with van der Waals surface area (Å²) in [6, 6.07) is 6.66. The zero-order valence-corrected chi connectivity index (χ0v) is 11.1. The summed E-state index contributed by atoms with van der Waals surface area (Å²) in [4.78, 5) is 0.216. The Morgan fingerprint density at radius 1 is 1.06 bits per heavy atom. The molecule has 1 aromatic carbocycles. The van der Waals surface area contributed by atoms with E-state index in [1.807, 2.05) is 33.1 Å². The highest BCUT2D eigenvalue weighted by molar-refractivity contribution is 7.90. The van der Waals surface area contributed by atoms with Crippen molar-refractivity contribution >= 4 is 16.2 Å². The van der Waals surface area contributed by atoms with Crippen molar-refractivity contribution < 1.29 is 8.42 Å². The van der Waals surface area contributed by atoms with Crippen LogP contribution in [-0.2, 0) is 10.0 Å². The highest BCUT2D eigenvalue weighted by atomic mass is 32.2. The largest absolute Gasteiger partial charge is 0.281 e. The maximum atomic E-state index is 12.0. The zero-order valence-electron chi connectivity index (χ0n) is 10.3. The van der Waals surface area contributed by atoms with Gasteiger partial charge in [-0.15, -0.1) is 0 Å². The molecule has 0 bridgehead atoms. The highest BCUT2D eigenvalue weighted by Gasteiger charge is 2.24. The molecule has 1 aliphatic carbocycles. The van der Waals surface area contributed by atoms with Crippen molar-refractivity contribution in [2.75, 3.05) is 0 Å². The van der Waals surface area contributed by atoms with E-state index in [9.17, 15) is 8.42 Å². The molecule has 5 radical (unpaired) electrons. The average Bonchev–Trinajstić information content (AvgIpc) is 2.73. The Balaban J connectivity index is 2.16. The van der Waals surface area contributed by atoms with Gasteiger partial charge in [0.15, 0.2) is 0 Å². The Morgan fingerprint density at radius 2 is 1.72 bits per heavy atom. The molecule has 0 atom stereocenters. The molecule has 18 heavy (non-hydrogen) atoms. The number of hydrogen-bond acceptors (Lipinski definition) is 2. The Labute approximate surface area is 109 Å². The lowest BCUT2D eigenvalue weighted by atomic mass is 10.0. The van der Waals surface area contributed by atoms with Gasteiger partial charge in [-0.3, -0.25) is 0 Å². The second kappa shape index (κ2) is 5.22. The molecular weight excluding hydrogens is 246 g/mol. The van der Waals surface area contributed by atoms with Gasteiger partial charge in [-0.25, -0.2) is 0 Å². The SMILES string of the molecule is C[C]1[CH][CH][CH][C]1/C=N/S(=O)(=O)c1ccc(C)cc1. The van der Waals surface area contributed by atoms with E-state index in [2.05, 4.69) is 4.40 Å². The van der Waals surface area contributed by atoms with E-state index in [4.69, 9.17) is 0 Å². The number of rotatable bonds is 3. The number of sulfonamides is 1. The quantitative estimate of drug-likeness (QED) is 0.784. The normalized spacial score (nSPS) is 18.8. The van der Waals surface area contributed by atoms with E-state index in [-0.39, 0.29) is 4.90 Å². The summed E-state index contributed by atoms with van der Waals surface area (Å²) in [5, 5.41) is 0. The van der Waals surface area contributed by atoms with E-state index in [1.54, 1.807) is 24.3 Å². The minimum Gasteiger partial charge on any atom is -0.199 e. The monoisotopic (exact) mass is 260 g/mol. The van der Waals surface area contributed by atoms with Crippen LogP contribution >= 0.6 is 0 Å². The van der Waals surface area contributed by atoms with Crippen molar-refractivity contribution in [2.24, 2.45) is 4.40 Å². The zero-order chi connectivity index (χ0) is 13.2. The summed E-state index contributed by atoms with van der Waals surface area (Å²) in [5.41, 5.74) is 1.02. The van der Waals surface area contributed by atoms with E-state index >= 15 is 0 Å². The summed E-state index contributed by atoms with van der Waals surface area (Å²) in [6.45, 7) is 3.83. The maximum Gasteiger partial charge on any atom is 0.281 e. The molecule has 1 saturated carbocycles. The maximum absolute atomic E-state index is 12.0. The van der Waals surface area contributed by atoms with Gasteiger partial charge in [0.25, 0.3) is 10.0 Å². The van der Waals surface area contributed by atoms with Gasteiger partial charge in [0.05, 0.1) is 4.90 Å². The fourth-order valence-corrected chi connectivity index (χ4v) is 2.42. The third-order valence-electron chi connectivity index (χ3n) is 2.73. The van der Waals surface area contributed by atoms with Gasteiger partial charge in [-0.1, -0.05) is 24.6 Å². The second-order valence-electron chi connectivity index (χ2n) is 4.19. The van der Waals surface area contributed by atoms with Crippen LogP contribution in [0.1, 0.15) is 12.5 Å². The van der Waals surface area contributed by atoms with Crippen molar-refractivity contribution in [1.29, 1.82) is 0 Å². The van der Waals surface area contributed by atoms with Crippen LogP contribution in [0.15, 0.2) is 33.6 Å². The van der Waals surface area contributed by atoms with Crippen molar-refractivity contribution in [3.8, 4) is 0 Å². The van der Waals surface area contributed by atoms with Gasteiger partial charge < -0.3 is 0 Å². The first-order valence-corrected chi connectivity index (χ1v) is 7.02. The number of hydrogen-bond donors (Lipinski definition) is 0. The summed E-state index contributed by atoms with van der Waals surface area (Å²) in [6.07, 6.45) is 7.02. The molecule has 0 amide bonds. The van der Waals surface area contributed by atoms with Gasteiger partial charge in [0.1, 0.15) is 0 Å². The van der Waals surface area contributed by atoms with Crippen LogP contribution < -0.4 is 0 Å². The Morgan fingerprint density at radius 3 is 2.28 bits per heavy atom. The number of benzene rings is 1. The van der Waals surface area contributed by atoms with Crippen molar-refractivity contribution in [1.82, 2.24) is 0 Å². The molecule has 2 rings (SSSR count). The standard InChI is InChI=1S/C14H14NO2S/c1-11-6-8-14(9-7-11)18(16,17)15-10-13-5-3-4-12(13)2/h3-10H,1-2H3/b15-10+. The van der Waals surface area contributed by atoms with E-state index in [1.165, 1.54) is 6.21 Å². The molecule has 93 valence electrons. The van der Waals surface area contributed by atoms with Crippen LogP contribution in [0, 0.1) is 38.0 Å². The van der Waals surface area contributed by atoms with Gasteiger partial charge in [0.2, 0.25) is 0 Å². The molecule has 3 nitrogen and oxygen atoms in total. The van der Waals surface area contributed by atoms with Gasteiger partial charge >= 0.3 is 0 Å². The van der Waals surface area contributed by atoms with Crippen LogP contribution in [0.5, 0.6) is 0 Å². The Bertz CT molecular complexity index is 531. The number of aryl methyl sites for hydroxylation is 1. The van der Waals surface area contributed by atoms with Crippen LogP contribution in [0.4, 0.5) is 0 Å². The highest BCUT2D eigenvalue weighted by Crippen LogP contribution is 2.31. The summed E-state index contributed by atoms with van der Waals surface area (Å²) < 4.78 is 27.6. The Kier molecular flexibility index (Phi) is 3.85. The average molecular weight is 260 g/mol. The van der Waals surface area contributed by atoms with Crippen LogP contribution in [0.2, 0.25) is 0 Å². The van der Waals surface area contributed by atoms with Gasteiger partial charge in [-0.2, -0.15) is 12.8 Å². The first kappa shape index (κ1) is 13.3. The van der Waals surface area contributed by atoms with E-state index in [0.29, 0.717) is 0 Å². The molecule has 1 fully saturated rings. The summed E-state index contributed by atoms with van der Waals surface area (Å²) in [5.74, 6) is 1.84. The molecule has 0 unspecified atom stereocenters. The van der Waals surface area contributed by atoms with Crippen LogP contribution in [-0.4, -0.2) is 14.6 Å². The first-order chi connectivity index (χ1) is 8.49. The molecule has 0 aromatic heterocycles. The third kappa shape index (κ3) is 2.99. The molecule has 1 aromatic rings. The fourth-order valence-electron chi connectivity index (χ4n) is 1.57. The molecule has 0 aliphatic heterocycles. The second-order valence-corrected chi connectivity index (χ2v) is 5.82. The Hall–Kier alpha value is -1.16. The molecule has 4 heteroatoms.